The van der Waals surface area contributed by atoms with Crippen LogP contribution in [0.5, 0.6) is 0 Å². The van der Waals surface area contributed by atoms with Gasteiger partial charge in [0.25, 0.3) is 0 Å². The Morgan fingerprint density at radius 2 is 2.29 bits per heavy atom. The number of guanidine groups is 1. The van der Waals surface area contributed by atoms with Crippen molar-refractivity contribution >= 4 is 17.3 Å². The summed E-state index contributed by atoms with van der Waals surface area (Å²) in [6.07, 6.45) is 5.09. The van der Waals surface area contributed by atoms with Gasteiger partial charge < -0.3 is 10.6 Å². The molecule has 24 heavy (non-hydrogen) atoms. The molecule has 1 fully saturated rings. The monoisotopic (exact) mass is 350 g/mol. The van der Waals surface area contributed by atoms with E-state index < -0.39 is 0 Å². The van der Waals surface area contributed by atoms with Crippen molar-refractivity contribution in [1.29, 1.82) is 0 Å². The Labute approximate surface area is 151 Å². The van der Waals surface area contributed by atoms with E-state index in [4.69, 9.17) is 0 Å². The van der Waals surface area contributed by atoms with Gasteiger partial charge >= 0.3 is 0 Å². The zero-order chi connectivity index (χ0) is 17.2. The van der Waals surface area contributed by atoms with E-state index in [0.29, 0.717) is 5.92 Å². The maximum Gasteiger partial charge on any atom is 0.190 e. The van der Waals surface area contributed by atoms with Crippen LogP contribution in [0.25, 0.3) is 0 Å². The largest absolute Gasteiger partial charge is 0.356 e. The number of hydrogen-bond donors (Lipinski definition) is 2. The molecule has 136 valence electrons. The Balaban J connectivity index is 1.66. The van der Waals surface area contributed by atoms with E-state index in [9.17, 15) is 0 Å². The minimum atomic E-state index is 0.716. The van der Waals surface area contributed by atoms with E-state index >= 15 is 0 Å². The van der Waals surface area contributed by atoms with E-state index in [1.54, 1.807) is 0 Å². The van der Waals surface area contributed by atoms with Crippen LogP contribution in [-0.4, -0.2) is 44.1 Å². The van der Waals surface area contributed by atoms with E-state index in [1.165, 1.54) is 43.6 Å². The van der Waals surface area contributed by atoms with Crippen molar-refractivity contribution in [3.8, 4) is 0 Å². The van der Waals surface area contributed by atoms with E-state index in [-0.39, 0.29) is 0 Å². The predicted molar refractivity (Wildman–Crippen MR) is 106 cm³/mol. The van der Waals surface area contributed by atoms with Crippen LogP contribution < -0.4 is 10.6 Å². The van der Waals surface area contributed by atoms with Crippen LogP contribution in [0.15, 0.2) is 22.5 Å². The van der Waals surface area contributed by atoms with Gasteiger partial charge in [-0.1, -0.05) is 19.9 Å². The number of thiophene rings is 1. The number of aliphatic imine (C=N–C) groups is 1. The minimum Gasteiger partial charge on any atom is -0.356 e. The summed E-state index contributed by atoms with van der Waals surface area (Å²) in [5.41, 5.74) is 0. The third kappa shape index (κ3) is 7.22. The van der Waals surface area contributed by atoms with Gasteiger partial charge in [0.15, 0.2) is 5.96 Å². The molecule has 0 radical (unpaired) electrons. The predicted octanol–water partition coefficient (Wildman–Crippen LogP) is 3.56. The zero-order valence-electron chi connectivity index (χ0n) is 15.6. The van der Waals surface area contributed by atoms with Crippen LogP contribution in [-0.2, 0) is 6.54 Å². The SMILES string of the molecule is CN=C(NCCCC(C)C)NCC1CCCN(Cc2cccs2)C1. The first-order valence-electron chi connectivity index (χ1n) is 9.36. The second-order valence-corrected chi connectivity index (χ2v) is 8.27. The van der Waals surface area contributed by atoms with Gasteiger partial charge in [-0.15, -0.1) is 11.3 Å². The summed E-state index contributed by atoms with van der Waals surface area (Å²) < 4.78 is 0. The molecule has 1 aliphatic rings. The van der Waals surface area contributed by atoms with Crippen molar-refractivity contribution in [1.82, 2.24) is 15.5 Å². The third-order valence-electron chi connectivity index (χ3n) is 4.60. The van der Waals surface area contributed by atoms with Crippen molar-refractivity contribution in [3.05, 3.63) is 22.4 Å². The molecule has 1 aliphatic heterocycles. The highest BCUT2D eigenvalue weighted by Gasteiger charge is 2.20. The van der Waals surface area contributed by atoms with E-state index in [1.807, 2.05) is 18.4 Å². The number of rotatable bonds is 8. The summed E-state index contributed by atoms with van der Waals surface area (Å²) in [5, 5.41) is 9.13. The maximum absolute atomic E-state index is 4.35. The molecular weight excluding hydrogens is 316 g/mol. The Hall–Kier alpha value is -1.07. The van der Waals surface area contributed by atoms with E-state index in [0.717, 1.165) is 31.5 Å². The molecule has 2 N–H and O–H groups in total. The fraction of sp³-hybridized carbons (Fsp3) is 0.737. The smallest absolute Gasteiger partial charge is 0.190 e. The van der Waals surface area contributed by atoms with Crippen molar-refractivity contribution < 1.29 is 0 Å². The fourth-order valence-corrected chi connectivity index (χ4v) is 4.01. The second kappa shape index (κ2) is 10.7. The van der Waals surface area contributed by atoms with Crippen LogP contribution in [0, 0.1) is 11.8 Å². The van der Waals surface area contributed by atoms with Gasteiger partial charge in [0, 0.05) is 38.1 Å². The Morgan fingerprint density at radius 3 is 3.00 bits per heavy atom. The molecule has 1 aromatic rings. The van der Waals surface area contributed by atoms with Crippen LogP contribution in [0.3, 0.4) is 0 Å². The molecule has 2 heterocycles. The molecule has 1 atom stereocenters. The molecule has 0 aliphatic carbocycles. The molecule has 2 rings (SSSR count). The van der Waals surface area contributed by atoms with Crippen molar-refractivity contribution in [2.24, 2.45) is 16.8 Å². The van der Waals surface area contributed by atoms with Crippen LogP contribution in [0.4, 0.5) is 0 Å². The number of nitrogens with one attached hydrogen (secondary N) is 2. The Kier molecular flexibility index (Phi) is 8.60. The molecule has 0 saturated carbocycles. The van der Waals surface area contributed by atoms with Gasteiger partial charge in [0.1, 0.15) is 0 Å². The summed E-state index contributed by atoms with van der Waals surface area (Å²) in [5.74, 6) is 2.44. The molecule has 4 nitrogen and oxygen atoms in total. The van der Waals surface area contributed by atoms with Gasteiger partial charge in [-0.2, -0.15) is 0 Å². The lowest BCUT2D eigenvalue weighted by atomic mass is 9.98. The van der Waals surface area contributed by atoms with Gasteiger partial charge in [-0.25, -0.2) is 0 Å². The van der Waals surface area contributed by atoms with Gasteiger partial charge in [0.2, 0.25) is 0 Å². The van der Waals surface area contributed by atoms with Crippen molar-refractivity contribution in [2.45, 2.75) is 46.1 Å². The van der Waals surface area contributed by atoms with E-state index in [2.05, 4.69) is 51.9 Å². The summed E-state index contributed by atoms with van der Waals surface area (Å²) in [6, 6.07) is 4.40. The normalized spacial score (nSPS) is 19.7. The summed E-state index contributed by atoms with van der Waals surface area (Å²) >= 11 is 1.87. The van der Waals surface area contributed by atoms with Gasteiger partial charge in [-0.3, -0.25) is 9.89 Å². The average molecular weight is 351 g/mol. The molecule has 0 bridgehead atoms. The van der Waals surface area contributed by atoms with Crippen molar-refractivity contribution in [3.63, 3.8) is 0 Å². The molecule has 1 saturated heterocycles. The lowest BCUT2D eigenvalue weighted by molar-refractivity contribution is 0.169. The van der Waals surface area contributed by atoms with Crippen LogP contribution in [0.1, 0.15) is 44.4 Å². The number of hydrogen-bond acceptors (Lipinski definition) is 3. The Bertz CT molecular complexity index is 470. The van der Waals surface area contributed by atoms with Crippen LogP contribution >= 0.6 is 11.3 Å². The first kappa shape index (κ1) is 19.3. The standard InChI is InChI=1S/C19H34N4S/c1-16(2)7-4-10-21-19(20-3)22-13-17-8-5-11-23(14-17)15-18-9-6-12-24-18/h6,9,12,16-17H,4-5,7-8,10-11,13-15H2,1-3H3,(H2,20,21,22). The zero-order valence-corrected chi connectivity index (χ0v) is 16.4. The highest BCUT2D eigenvalue weighted by atomic mass is 32.1. The first-order chi connectivity index (χ1) is 11.7. The topological polar surface area (TPSA) is 39.7 Å². The molecule has 0 spiro atoms. The van der Waals surface area contributed by atoms with Crippen molar-refractivity contribution in [2.75, 3.05) is 33.2 Å². The second-order valence-electron chi connectivity index (χ2n) is 7.24. The number of likely N-dealkylation sites (tertiary alicyclic amines) is 1. The molecule has 0 aromatic carbocycles. The maximum atomic E-state index is 4.35. The fourth-order valence-electron chi connectivity index (χ4n) is 3.26. The molecule has 5 heteroatoms. The lowest BCUT2D eigenvalue weighted by Crippen LogP contribution is -2.44. The number of piperidine rings is 1. The average Bonchev–Trinajstić information content (AvgIpc) is 3.07. The first-order valence-corrected chi connectivity index (χ1v) is 10.2. The molecule has 0 amide bonds. The summed E-state index contributed by atoms with van der Waals surface area (Å²) in [4.78, 5) is 8.43. The third-order valence-corrected chi connectivity index (χ3v) is 5.46. The lowest BCUT2D eigenvalue weighted by Gasteiger charge is -2.32. The quantitative estimate of drug-likeness (QED) is 0.428. The molecular formula is C19H34N4S. The Morgan fingerprint density at radius 1 is 1.42 bits per heavy atom. The molecule has 1 aromatic heterocycles. The molecule has 1 unspecified atom stereocenters. The summed E-state index contributed by atoms with van der Waals surface area (Å²) in [7, 11) is 1.86. The minimum absolute atomic E-state index is 0.716. The van der Waals surface area contributed by atoms with Gasteiger partial charge in [0.05, 0.1) is 0 Å². The van der Waals surface area contributed by atoms with Crippen LogP contribution in [0.2, 0.25) is 0 Å². The highest BCUT2D eigenvalue weighted by molar-refractivity contribution is 7.09. The number of nitrogens with zero attached hydrogens (tertiary/aromatic N) is 2. The highest BCUT2D eigenvalue weighted by Crippen LogP contribution is 2.19. The summed E-state index contributed by atoms with van der Waals surface area (Å²) in [6.45, 7) is 10.1. The van der Waals surface area contributed by atoms with Gasteiger partial charge in [-0.05, 0) is 55.5 Å².